The first-order chi connectivity index (χ1) is 20.4. The third-order valence-corrected chi connectivity index (χ3v) is 6.92. The summed E-state index contributed by atoms with van der Waals surface area (Å²) in [6.07, 6.45) is 2.38. The third kappa shape index (κ3) is 6.44. The minimum Gasteiger partial charge on any atom is -0.490 e. The van der Waals surface area contributed by atoms with E-state index in [0.717, 1.165) is 17.8 Å². The quantitative estimate of drug-likeness (QED) is 0.212. The number of halogens is 1. The lowest BCUT2D eigenvalue weighted by Gasteiger charge is -2.15. The molecule has 4 aromatic rings. The molecule has 12 heteroatoms. The van der Waals surface area contributed by atoms with E-state index in [2.05, 4.69) is 36.5 Å². The number of rotatable bonds is 10. The van der Waals surface area contributed by atoms with Gasteiger partial charge in [0.15, 0.2) is 23.9 Å². The largest absolute Gasteiger partial charge is 0.490 e. The average molecular weight is 634 g/mol. The molecule has 2 aromatic heterocycles. The number of nitrogens with zero attached hydrogens (tertiary/aromatic N) is 2. The van der Waals surface area contributed by atoms with Crippen LogP contribution in [-0.4, -0.2) is 59.1 Å². The number of fused-ring (bicyclic) bond motifs is 1. The fourth-order valence-corrected chi connectivity index (χ4v) is 4.97. The van der Waals surface area contributed by atoms with Crippen LogP contribution in [0.25, 0.3) is 22.8 Å². The zero-order chi connectivity index (χ0) is 29.6. The average Bonchev–Trinajstić information content (AvgIpc) is 3.43. The van der Waals surface area contributed by atoms with E-state index in [1.165, 1.54) is 0 Å². The number of H-pyrrole nitrogens is 1. The topological polar surface area (TPSA) is 145 Å². The first-order valence-electron chi connectivity index (χ1n) is 13.4. The first-order valence-corrected chi connectivity index (χ1v) is 14.2. The molecule has 1 aliphatic rings. The van der Waals surface area contributed by atoms with E-state index in [-0.39, 0.29) is 19.1 Å². The van der Waals surface area contributed by atoms with Crippen molar-refractivity contribution < 1.29 is 28.6 Å². The summed E-state index contributed by atoms with van der Waals surface area (Å²) in [4.78, 5) is 49.1. The van der Waals surface area contributed by atoms with Crippen LogP contribution >= 0.6 is 15.9 Å². The molecule has 2 amide bonds. The number of aromatic nitrogens is 3. The maximum Gasteiger partial charge on any atom is 0.338 e. The van der Waals surface area contributed by atoms with E-state index in [0.29, 0.717) is 63.0 Å². The number of anilines is 1. The molecule has 216 valence electrons. The van der Waals surface area contributed by atoms with E-state index in [1.54, 1.807) is 61.7 Å². The van der Waals surface area contributed by atoms with E-state index >= 15 is 0 Å². The van der Waals surface area contributed by atoms with Crippen LogP contribution in [0.1, 0.15) is 40.3 Å². The van der Waals surface area contributed by atoms with Crippen molar-refractivity contribution >= 4 is 39.4 Å². The maximum absolute atomic E-state index is 12.6. The Morgan fingerprint density at radius 1 is 1.05 bits per heavy atom. The molecule has 0 bridgehead atoms. The normalized spacial score (nSPS) is 12.2. The van der Waals surface area contributed by atoms with Gasteiger partial charge in [-0.05, 0) is 78.3 Å². The Hall–Kier alpha value is -4.71. The summed E-state index contributed by atoms with van der Waals surface area (Å²) in [5.41, 5.74) is 4.45. The standard InChI is InChI=1S/C30H28BrN5O6/c1-3-40-25-14-18(28-32-11-10-23(36-28)24-15-20-22(35-24)9-12-33-29(20)38)13-21(31)27(25)42-16-26(37)34-19-7-5-17(6-8-19)30(39)41-4-2/h5-8,10-11,13-15,35H,3-4,9,12,16H2,1-2H3,(H,33,38)(H,34,37). The van der Waals surface area contributed by atoms with Crippen LogP contribution in [0.3, 0.4) is 0 Å². The predicted molar refractivity (Wildman–Crippen MR) is 159 cm³/mol. The molecule has 0 atom stereocenters. The summed E-state index contributed by atoms with van der Waals surface area (Å²) in [5.74, 6) is 0.290. The lowest BCUT2D eigenvalue weighted by atomic mass is 10.1. The van der Waals surface area contributed by atoms with Crippen LogP contribution in [0.2, 0.25) is 0 Å². The molecule has 2 aromatic carbocycles. The zero-order valence-electron chi connectivity index (χ0n) is 23.0. The number of hydrogen-bond donors (Lipinski definition) is 3. The molecule has 0 aliphatic carbocycles. The Morgan fingerprint density at radius 3 is 2.60 bits per heavy atom. The van der Waals surface area contributed by atoms with Crippen LogP contribution in [0, 0.1) is 0 Å². The van der Waals surface area contributed by atoms with Gasteiger partial charge < -0.3 is 29.8 Å². The van der Waals surface area contributed by atoms with Gasteiger partial charge >= 0.3 is 5.97 Å². The Bertz CT molecular complexity index is 1640. The van der Waals surface area contributed by atoms with Crippen molar-refractivity contribution in [3.63, 3.8) is 0 Å². The number of carbonyl (C=O) groups excluding carboxylic acids is 3. The monoisotopic (exact) mass is 633 g/mol. The van der Waals surface area contributed by atoms with Crippen LogP contribution < -0.4 is 20.1 Å². The highest BCUT2D eigenvalue weighted by atomic mass is 79.9. The second-order valence-electron chi connectivity index (χ2n) is 9.20. The van der Waals surface area contributed by atoms with Crippen LogP contribution in [0.4, 0.5) is 5.69 Å². The van der Waals surface area contributed by atoms with Gasteiger partial charge in [-0.1, -0.05) is 0 Å². The van der Waals surface area contributed by atoms with Gasteiger partial charge in [-0.2, -0.15) is 0 Å². The molecule has 3 N–H and O–H groups in total. The van der Waals surface area contributed by atoms with Crippen molar-refractivity contribution in [3.05, 3.63) is 76.0 Å². The summed E-state index contributed by atoms with van der Waals surface area (Å²) < 4.78 is 17.2. The summed E-state index contributed by atoms with van der Waals surface area (Å²) in [6.45, 7) is 4.54. The summed E-state index contributed by atoms with van der Waals surface area (Å²) in [5, 5.41) is 5.59. The number of benzene rings is 2. The van der Waals surface area contributed by atoms with E-state index < -0.39 is 11.9 Å². The smallest absolute Gasteiger partial charge is 0.338 e. The molecule has 0 unspecified atom stereocenters. The van der Waals surface area contributed by atoms with E-state index in [1.807, 2.05) is 6.92 Å². The molecular formula is C30H28BrN5O6. The maximum atomic E-state index is 12.6. The summed E-state index contributed by atoms with van der Waals surface area (Å²) in [7, 11) is 0. The van der Waals surface area contributed by atoms with Crippen LogP contribution in [0.15, 0.2) is 59.2 Å². The van der Waals surface area contributed by atoms with Crippen molar-refractivity contribution in [3.8, 4) is 34.3 Å². The minimum absolute atomic E-state index is 0.102. The highest BCUT2D eigenvalue weighted by Crippen LogP contribution is 2.39. The van der Waals surface area contributed by atoms with Gasteiger partial charge in [0.25, 0.3) is 11.8 Å². The number of hydrogen-bond acceptors (Lipinski definition) is 8. The number of ether oxygens (including phenoxy) is 3. The number of aromatic amines is 1. The van der Waals surface area contributed by atoms with Gasteiger partial charge in [0, 0.05) is 36.1 Å². The van der Waals surface area contributed by atoms with E-state index in [9.17, 15) is 14.4 Å². The zero-order valence-corrected chi connectivity index (χ0v) is 24.5. The predicted octanol–water partition coefficient (Wildman–Crippen LogP) is 4.78. The highest BCUT2D eigenvalue weighted by molar-refractivity contribution is 9.10. The number of carbonyl (C=O) groups is 3. The van der Waals surface area contributed by atoms with Gasteiger partial charge in [0.2, 0.25) is 0 Å². The first kappa shape index (κ1) is 28.8. The lowest BCUT2D eigenvalue weighted by Crippen LogP contribution is -2.31. The van der Waals surface area contributed by atoms with Gasteiger partial charge in [-0.15, -0.1) is 0 Å². The van der Waals surface area contributed by atoms with Crippen molar-refractivity contribution in [1.29, 1.82) is 0 Å². The molecule has 0 radical (unpaired) electrons. The molecule has 11 nitrogen and oxygen atoms in total. The summed E-state index contributed by atoms with van der Waals surface area (Å²) >= 11 is 3.54. The fourth-order valence-electron chi connectivity index (χ4n) is 4.42. The molecule has 0 saturated carbocycles. The molecule has 3 heterocycles. The van der Waals surface area contributed by atoms with Gasteiger partial charge in [0.1, 0.15) is 0 Å². The molecule has 0 saturated heterocycles. The lowest BCUT2D eigenvalue weighted by molar-refractivity contribution is -0.118. The molecular weight excluding hydrogens is 606 g/mol. The second kappa shape index (κ2) is 12.9. The highest BCUT2D eigenvalue weighted by Gasteiger charge is 2.21. The Balaban J connectivity index is 1.31. The molecule has 0 spiro atoms. The fraction of sp³-hybridized carbons (Fsp3) is 0.233. The van der Waals surface area contributed by atoms with Gasteiger partial charge in [0.05, 0.1) is 40.2 Å². The van der Waals surface area contributed by atoms with Crippen LogP contribution in [-0.2, 0) is 16.0 Å². The summed E-state index contributed by atoms with van der Waals surface area (Å²) in [6, 6.07) is 13.5. The van der Waals surface area contributed by atoms with Crippen molar-refractivity contribution in [2.75, 3.05) is 31.7 Å². The Morgan fingerprint density at radius 2 is 1.86 bits per heavy atom. The molecule has 42 heavy (non-hydrogen) atoms. The van der Waals surface area contributed by atoms with Crippen molar-refractivity contribution in [2.45, 2.75) is 20.3 Å². The van der Waals surface area contributed by atoms with Crippen molar-refractivity contribution in [2.24, 2.45) is 0 Å². The number of esters is 1. The molecule has 5 rings (SSSR count). The number of amides is 2. The van der Waals surface area contributed by atoms with Crippen LogP contribution in [0.5, 0.6) is 11.5 Å². The number of nitrogens with one attached hydrogen (secondary N) is 3. The Labute approximate surface area is 250 Å². The minimum atomic E-state index is -0.426. The second-order valence-corrected chi connectivity index (χ2v) is 10.1. The molecule has 1 aliphatic heterocycles. The third-order valence-electron chi connectivity index (χ3n) is 6.33. The SMILES string of the molecule is CCOC(=O)c1ccc(NC(=O)COc2c(Br)cc(-c3nccc(-c4cc5c([nH]4)CCNC5=O)n3)cc2OCC)cc1. The Kier molecular flexibility index (Phi) is 8.82. The van der Waals surface area contributed by atoms with Gasteiger partial charge in [-0.3, -0.25) is 9.59 Å². The molecule has 0 fully saturated rings. The van der Waals surface area contributed by atoms with E-state index in [4.69, 9.17) is 19.2 Å². The van der Waals surface area contributed by atoms with Crippen molar-refractivity contribution in [1.82, 2.24) is 20.3 Å². The van der Waals surface area contributed by atoms with Gasteiger partial charge in [-0.25, -0.2) is 14.8 Å².